The highest BCUT2D eigenvalue weighted by Gasteiger charge is 2.27. The van der Waals surface area contributed by atoms with E-state index in [0.29, 0.717) is 37.6 Å². The summed E-state index contributed by atoms with van der Waals surface area (Å²) in [5.74, 6) is 0.879. The van der Waals surface area contributed by atoms with Gasteiger partial charge in [0.25, 0.3) is 5.91 Å². The van der Waals surface area contributed by atoms with Crippen molar-refractivity contribution in [1.82, 2.24) is 9.88 Å². The third-order valence-electron chi connectivity index (χ3n) is 7.04. The lowest BCUT2D eigenvalue weighted by atomic mass is 9.95. The van der Waals surface area contributed by atoms with E-state index in [9.17, 15) is 4.79 Å². The van der Waals surface area contributed by atoms with Crippen molar-refractivity contribution in [3.8, 4) is 5.75 Å². The molecule has 0 saturated carbocycles. The van der Waals surface area contributed by atoms with E-state index in [-0.39, 0.29) is 11.8 Å². The fraction of sp³-hybridized carbons (Fsp3) is 0.429. The number of pyridine rings is 1. The summed E-state index contributed by atoms with van der Waals surface area (Å²) in [6.45, 7) is 4.54. The van der Waals surface area contributed by atoms with Crippen LogP contribution in [0.5, 0.6) is 5.75 Å². The summed E-state index contributed by atoms with van der Waals surface area (Å²) in [5.41, 5.74) is 3.02. The molecule has 2 saturated heterocycles. The number of anilines is 1. The van der Waals surface area contributed by atoms with Gasteiger partial charge in [0, 0.05) is 55.6 Å². The predicted octanol–water partition coefficient (Wildman–Crippen LogP) is 4.57. The third kappa shape index (κ3) is 4.87. The Bertz CT molecular complexity index is 1140. The van der Waals surface area contributed by atoms with Crippen LogP contribution in [0, 0.1) is 5.92 Å². The number of carbonyl (C=O) groups excluding carboxylic acids is 1. The van der Waals surface area contributed by atoms with Gasteiger partial charge in [0.15, 0.2) is 0 Å². The van der Waals surface area contributed by atoms with Crippen LogP contribution in [0.4, 0.5) is 5.69 Å². The molecule has 2 aliphatic rings. The number of methoxy groups -OCH3 is 1. The minimum Gasteiger partial charge on any atom is -0.496 e. The Morgan fingerprint density at radius 2 is 2.00 bits per heavy atom. The smallest absolute Gasteiger partial charge is 0.257 e. The first kappa shape index (κ1) is 22.7. The van der Waals surface area contributed by atoms with Gasteiger partial charge in [0.2, 0.25) is 0 Å². The van der Waals surface area contributed by atoms with Gasteiger partial charge >= 0.3 is 0 Å². The maximum Gasteiger partial charge on any atom is 0.257 e. The van der Waals surface area contributed by atoms with Crippen molar-refractivity contribution in [2.75, 3.05) is 51.4 Å². The van der Waals surface area contributed by atoms with Gasteiger partial charge in [0.05, 0.1) is 25.9 Å². The Labute approximate surface area is 201 Å². The van der Waals surface area contributed by atoms with Crippen LogP contribution in [0.2, 0.25) is 0 Å². The maximum absolute atomic E-state index is 13.7. The zero-order valence-corrected chi connectivity index (χ0v) is 19.9. The van der Waals surface area contributed by atoms with Gasteiger partial charge in [-0.2, -0.15) is 0 Å². The molecule has 2 aromatic carbocycles. The molecule has 3 aromatic rings. The summed E-state index contributed by atoms with van der Waals surface area (Å²) in [6.07, 6.45) is 8.28. The van der Waals surface area contributed by atoms with Gasteiger partial charge in [-0.15, -0.1) is 0 Å². The molecule has 3 heterocycles. The quantitative estimate of drug-likeness (QED) is 0.560. The van der Waals surface area contributed by atoms with E-state index in [0.717, 1.165) is 30.6 Å². The molecule has 178 valence electrons. The predicted molar refractivity (Wildman–Crippen MR) is 135 cm³/mol. The van der Waals surface area contributed by atoms with Crippen molar-refractivity contribution in [2.24, 2.45) is 5.92 Å². The minimum atomic E-state index is 0.0216. The summed E-state index contributed by atoms with van der Waals surface area (Å²) in [7, 11) is 1.64. The van der Waals surface area contributed by atoms with Crippen molar-refractivity contribution in [3.05, 3.63) is 66.0 Å². The molecule has 0 unspecified atom stereocenters. The summed E-state index contributed by atoms with van der Waals surface area (Å²) >= 11 is 0. The second kappa shape index (κ2) is 10.4. The lowest BCUT2D eigenvalue weighted by molar-refractivity contribution is 0.0734. The lowest BCUT2D eigenvalue weighted by Gasteiger charge is -2.30. The fourth-order valence-corrected chi connectivity index (χ4v) is 5.25. The molecule has 1 amide bonds. The average molecular weight is 460 g/mol. The molecule has 0 bridgehead atoms. The number of ether oxygens (including phenoxy) is 2. The fourth-order valence-electron chi connectivity index (χ4n) is 5.25. The van der Waals surface area contributed by atoms with Crippen LogP contribution in [-0.2, 0) is 11.2 Å². The first-order chi connectivity index (χ1) is 16.7. The second-order valence-electron chi connectivity index (χ2n) is 9.34. The van der Waals surface area contributed by atoms with Gasteiger partial charge in [-0.25, -0.2) is 0 Å². The van der Waals surface area contributed by atoms with Gasteiger partial charge in [0.1, 0.15) is 5.75 Å². The summed E-state index contributed by atoms with van der Waals surface area (Å²) < 4.78 is 11.5. The van der Waals surface area contributed by atoms with Crippen molar-refractivity contribution in [2.45, 2.75) is 25.7 Å². The first-order valence-electron chi connectivity index (χ1n) is 12.3. The molecule has 5 rings (SSSR count). The number of amides is 1. The Balaban J connectivity index is 1.37. The largest absolute Gasteiger partial charge is 0.496 e. The molecule has 0 aliphatic carbocycles. The van der Waals surface area contributed by atoms with Crippen molar-refractivity contribution >= 4 is 22.4 Å². The SMILES string of the molecule is COc1ccc(N2CCCCC2)cc1C(=O)N1CCOC[C@H](Cc2cccc3cnccc23)C1. The molecule has 1 aromatic heterocycles. The molecular formula is C28H33N3O3. The number of benzene rings is 2. The number of rotatable bonds is 5. The molecular weight excluding hydrogens is 426 g/mol. The van der Waals surface area contributed by atoms with Crippen LogP contribution in [0.15, 0.2) is 54.9 Å². The van der Waals surface area contributed by atoms with Gasteiger partial charge < -0.3 is 19.3 Å². The molecule has 2 aliphatic heterocycles. The van der Waals surface area contributed by atoms with Crippen molar-refractivity contribution in [3.63, 3.8) is 0 Å². The summed E-state index contributed by atoms with van der Waals surface area (Å²) in [4.78, 5) is 22.3. The number of nitrogens with zero attached hydrogens (tertiary/aromatic N) is 3. The third-order valence-corrected chi connectivity index (χ3v) is 7.04. The van der Waals surface area contributed by atoms with E-state index in [1.54, 1.807) is 7.11 Å². The molecule has 0 N–H and O–H groups in total. The monoisotopic (exact) mass is 459 g/mol. The zero-order chi connectivity index (χ0) is 23.3. The molecule has 6 heteroatoms. The molecule has 6 nitrogen and oxygen atoms in total. The van der Waals surface area contributed by atoms with Crippen molar-refractivity contribution in [1.29, 1.82) is 0 Å². The second-order valence-corrected chi connectivity index (χ2v) is 9.34. The molecule has 0 radical (unpaired) electrons. The van der Waals surface area contributed by atoms with Crippen molar-refractivity contribution < 1.29 is 14.3 Å². The number of carbonyl (C=O) groups is 1. The van der Waals surface area contributed by atoms with Crippen LogP contribution in [-0.4, -0.2) is 62.3 Å². The molecule has 1 atom stereocenters. The molecule has 2 fully saturated rings. The van der Waals surface area contributed by atoms with E-state index >= 15 is 0 Å². The van der Waals surface area contributed by atoms with E-state index in [2.05, 4.69) is 40.2 Å². The number of piperidine rings is 1. The van der Waals surface area contributed by atoms with Crippen LogP contribution in [0.25, 0.3) is 10.8 Å². The van der Waals surface area contributed by atoms with E-state index in [4.69, 9.17) is 9.47 Å². The average Bonchev–Trinajstić information content (AvgIpc) is 3.14. The highest BCUT2D eigenvalue weighted by Crippen LogP contribution is 2.29. The number of hydrogen-bond donors (Lipinski definition) is 0. The Kier molecular flexibility index (Phi) is 6.95. The zero-order valence-electron chi connectivity index (χ0n) is 19.9. The Morgan fingerprint density at radius 3 is 2.85 bits per heavy atom. The topological polar surface area (TPSA) is 54.9 Å². The Morgan fingerprint density at radius 1 is 1.12 bits per heavy atom. The van der Waals surface area contributed by atoms with Gasteiger partial charge in [-0.1, -0.05) is 18.2 Å². The molecule has 34 heavy (non-hydrogen) atoms. The van der Waals surface area contributed by atoms with Crippen LogP contribution >= 0.6 is 0 Å². The van der Waals surface area contributed by atoms with Gasteiger partial charge in [-0.05, 0) is 60.9 Å². The van der Waals surface area contributed by atoms with Crippen LogP contribution in [0.1, 0.15) is 35.2 Å². The Hall–Kier alpha value is -3.12. The number of hydrogen-bond acceptors (Lipinski definition) is 5. The van der Waals surface area contributed by atoms with E-state index in [1.807, 2.05) is 29.4 Å². The highest BCUT2D eigenvalue weighted by atomic mass is 16.5. The minimum absolute atomic E-state index is 0.0216. The maximum atomic E-state index is 13.7. The summed E-state index contributed by atoms with van der Waals surface area (Å²) in [5, 5.41) is 2.36. The molecule has 0 spiro atoms. The summed E-state index contributed by atoms with van der Waals surface area (Å²) in [6, 6.07) is 14.4. The normalized spacial score (nSPS) is 19.1. The lowest BCUT2D eigenvalue weighted by Crippen LogP contribution is -2.37. The van der Waals surface area contributed by atoms with Crippen LogP contribution < -0.4 is 9.64 Å². The first-order valence-corrected chi connectivity index (χ1v) is 12.3. The van der Waals surface area contributed by atoms with Gasteiger partial charge in [-0.3, -0.25) is 9.78 Å². The number of aromatic nitrogens is 1. The standard InChI is InChI=1S/C28H33N3O3/c1-33-27-9-8-24(30-12-3-2-4-13-30)17-26(27)28(32)31-14-15-34-20-21(19-31)16-22-6-5-7-23-18-29-11-10-25(22)23/h5-11,17-18,21H,2-4,12-16,19-20H2,1H3/t21-/m1/s1. The van der Waals surface area contributed by atoms with Crippen LogP contribution in [0.3, 0.4) is 0 Å². The van der Waals surface area contributed by atoms with E-state index < -0.39 is 0 Å². The van der Waals surface area contributed by atoms with E-state index in [1.165, 1.54) is 30.2 Å². The highest BCUT2D eigenvalue weighted by molar-refractivity contribution is 5.98. The number of fused-ring (bicyclic) bond motifs is 1.